The van der Waals surface area contributed by atoms with Gasteiger partial charge >= 0.3 is 0 Å². The van der Waals surface area contributed by atoms with Gasteiger partial charge in [-0.3, -0.25) is 9.20 Å². The van der Waals surface area contributed by atoms with Gasteiger partial charge in [0.2, 0.25) is 0 Å². The number of para-hydroxylation sites is 1. The molecule has 0 unspecified atom stereocenters. The van der Waals surface area contributed by atoms with Crippen molar-refractivity contribution < 1.29 is 4.74 Å². The van der Waals surface area contributed by atoms with E-state index in [1.807, 2.05) is 41.8 Å². The smallest absolute Gasteiger partial charge is 0.258 e. The van der Waals surface area contributed by atoms with Gasteiger partial charge in [0.1, 0.15) is 5.75 Å². The Hall–Kier alpha value is -2.83. The van der Waals surface area contributed by atoms with Gasteiger partial charge < -0.3 is 10.1 Å². The monoisotopic (exact) mass is 383 g/mol. The molecule has 2 heterocycles. The maximum Gasteiger partial charge on any atom is 0.258 e. The Bertz CT molecular complexity index is 1110. The molecular weight excluding hydrogens is 370 g/mol. The number of rotatable bonds is 5. The summed E-state index contributed by atoms with van der Waals surface area (Å²) in [6.07, 6.45) is 1.72. The van der Waals surface area contributed by atoms with Crippen LogP contribution in [0.2, 0.25) is 5.02 Å². The van der Waals surface area contributed by atoms with Crippen LogP contribution in [-0.2, 0) is 6.54 Å². The van der Waals surface area contributed by atoms with Crippen LogP contribution in [0.15, 0.2) is 71.0 Å². The van der Waals surface area contributed by atoms with E-state index in [-0.39, 0.29) is 5.56 Å². The highest BCUT2D eigenvalue weighted by Gasteiger charge is 2.08. The molecular formula is C19H14ClN3O2S. The van der Waals surface area contributed by atoms with Gasteiger partial charge in [-0.15, -0.1) is 11.3 Å². The second kappa shape index (κ2) is 7.19. The molecule has 0 atom stereocenters. The predicted molar refractivity (Wildman–Crippen MR) is 105 cm³/mol. The lowest BCUT2D eigenvalue weighted by Gasteiger charge is -2.13. The number of ether oxygens (including phenoxy) is 1. The van der Waals surface area contributed by atoms with Crippen molar-refractivity contribution in [2.45, 2.75) is 6.54 Å². The summed E-state index contributed by atoms with van der Waals surface area (Å²) in [5.74, 6) is 1.38. The Kier molecular flexibility index (Phi) is 4.60. The van der Waals surface area contributed by atoms with E-state index in [4.69, 9.17) is 16.3 Å². The lowest BCUT2D eigenvalue weighted by Crippen LogP contribution is -2.14. The van der Waals surface area contributed by atoms with Crippen molar-refractivity contribution in [2.24, 2.45) is 0 Å². The van der Waals surface area contributed by atoms with Crippen LogP contribution in [0.5, 0.6) is 11.5 Å². The standard InChI is InChI=1S/C19H14ClN3O2S/c20-13-6-7-17(25-15-4-2-1-3-5-15)16(10-13)21-12-14-11-18(24)23-8-9-26-19(23)22-14/h1-11,21H,12H2. The number of hydrogen-bond acceptors (Lipinski definition) is 5. The van der Waals surface area contributed by atoms with Crippen molar-refractivity contribution in [3.63, 3.8) is 0 Å². The zero-order valence-corrected chi connectivity index (χ0v) is 15.1. The van der Waals surface area contributed by atoms with Gasteiger partial charge in [-0.25, -0.2) is 4.98 Å². The first kappa shape index (κ1) is 16.6. The highest BCUT2D eigenvalue weighted by atomic mass is 35.5. The van der Waals surface area contributed by atoms with Gasteiger partial charge in [0, 0.05) is 22.7 Å². The van der Waals surface area contributed by atoms with Crippen molar-refractivity contribution in [1.29, 1.82) is 0 Å². The number of thiazole rings is 1. The SMILES string of the molecule is O=c1cc(CNc2cc(Cl)ccc2Oc2ccccc2)nc2sccn12. The average molecular weight is 384 g/mol. The summed E-state index contributed by atoms with van der Waals surface area (Å²) in [5, 5.41) is 5.69. The van der Waals surface area contributed by atoms with E-state index in [9.17, 15) is 4.79 Å². The van der Waals surface area contributed by atoms with Gasteiger partial charge in [-0.1, -0.05) is 29.8 Å². The number of benzene rings is 2. The van der Waals surface area contributed by atoms with E-state index >= 15 is 0 Å². The number of anilines is 1. The highest BCUT2D eigenvalue weighted by Crippen LogP contribution is 2.32. The van der Waals surface area contributed by atoms with E-state index in [1.54, 1.807) is 18.3 Å². The molecule has 2 aromatic heterocycles. The normalized spacial score (nSPS) is 10.8. The van der Waals surface area contributed by atoms with Crippen LogP contribution in [0.4, 0.5) is 5.69 Å². The van der Waals surface area contributed by atoms with Gasteiger partial charge in [0.15, 0.2) is 10.7 Å². The van der Waals surface area contributed by atoms with E-state index in [2.05, 4.69) is 10.3 Å². The summed E-state index contributed by atoms with van der Waals surface area (Å²) in [5.41, 5.74) is 1.29. The number of nitrogens with one attached hydrogen (secondary N) is 1. The van der Waals surface area contributed by atoms with Crippen molar-refractivity contribution in [3.8, 4) is 11.5 Å². The molecule has 130 valence electrons. The number of aromatic nitrogens is 2. The number of hydrogen-bond donors (Lipinski definition) is 1. The Labute approximate surface area is 158 Å². The van der Waals surface area contributed by atoms with Gasteiger partial charge in [0.05, 0.1) is 17.9 Å². The Morgan fingerprint density at radius 3 is 2.85 bits per heavy atom. The van der Waals surface area contributed by atoms with Gasteiger partial charge in [-0.2, -0.15) is 0 Å². The van der Waals surface area contributed by atoms with E-state index in [0.717, 1.165) is 11.4 Å². The van der Waals surface area contributed by atoms with Gasteiger partial charge in [0.25, 0.3) is 5.56 Å². The highest BCUT2D eigenvalue weighted by molar-refractivity contribution is 7.15. The van der Waals surface area contributed by atoms with E-state index in [0.29, 0.717) is 28.0 Å². The molecule has 0 amide bonds. The minimum Gasteiger partial charge on any atom is -0.455 e. The molecule has 0 bridgehead atoms. The largest absolute Gasteiger partial charge is 0.455 e. The van der Waals surface area contributed by atoms with E-state index < -0.39 is 0 Å². The second-order valence-corrected chi connectivity index (χ2v) is 6.86. The third-order valence-corrected chi connectivity index (χ3v) is 4.72. The second-order valence-electron chi connectivity index (χ2n) is 5.55. The fraction of sp³-hybridized carbons (Fsp3) is 0.0526. The maximum absolute atomic E-state index is 12.1. The minimum atomic E-state index is -0.0973. The van der Waals surface area contributed by atoms with Crippen LogP contribution >= 0.6 is 22.9 Å². The average Bonchev–Trinajstić information content (AvgIpc) is 3.12. The Morgan fingerprint density at radius 1 is 1.15 bits per heavy atom. The predicted octanol–water partition coefficient (Wildman–Crippen LogP) is 4.81. The summed E-state index contributed by atoms with van der Waals surface area (Å²) in [6, 6.07) is 16.4. The first-order valence-corrected chi connectivity index (χ1v) is 9.17. The summed E-state index contributed by atoms with van der Waals surface area (Å²) in [6.45, 7) is 0.384. The van der Waals surface area contributed by atoms with Crippen LogP contribution in [0.1, 0.15) is 5.69 Å². The maximum atomic E-state index is 12.1. The van der Waals surface area contributed by atoms with Gasteiger partial charge in [-0.05, 0) is 30.3 Å². The molecule has 0 aliphatic rings. The quantitative estimate of drug-likeness (QED) is 0.537. The fourth-order valence-corrected chi connectivity index (χ4v) is 3.42. The molecule has 2 aromatic carbocycles. The minimum absolute atomic E-state index is 0.0973. The lowest BCUT2D eigenvalue weighted by atomic mass is 10.2. The van der Waals surface area contributed by atoms with Crippen molar-refractivity contribution in [3.05, 3.63) is 87.2 Å². The van der Waals surface area contributed by atoms with Crippen molar-refractivity contribution >= 4 is 33.6 Å². The number of nitrogens with zero attached hydrogens (tertiary/aromatic N) is 2. The molecule has 0 fully saturated rings. The van der Waals surface area contributed by atoms with Crippen LogP contribution in [0.3, 0.4) is 0 Å². The number of fused-ring (bicyclic) bond motifs is 1. The summed E-state index contributed by atoms with van der Waals surface area (Å²) >= 11 is 7.55. The Balaban J connectivity index is 1.58. The molecule has 0 aliphatic heterocycles. The first-order chi connectivity index (χ1) is 12.7. The first-order valence-electron chi connectivity index (χ1n) is 7.91. The summed E-state index contributed by atoms with van der Waals surface area (Å²) < 4.78 is 7.45. The fourth-order valence-electron chi connectivity index (χ4n) is 2.51. The molecule has 0 radical (unpaired) electrons. The third kappa shape index (κ3) is 3.56. The molecule has 4 aromatic rings. The molecule has 0 spiro atoms. The van der Waals surface area contributed by atoms with Crippen molar-refractivity contribution in [2.75, 3.05) is 5.32 Å². The van der Waals surface area contributed by atoms with Crippen LogP contribution in [-0.4, -0.2) is 9.38 Å². The summed E-state index contributed by atoms with van der Waals surface area (Å²) in [7, 11) is 0. The molecule has 5 nitrogen and oxygen atoms in total. The third-order valence-electron chi connectivity index (χ3n) is 3.73. The molecule has 0 saturated heterocycles. The van der Waals surface area contributed by atoms with Crippen LogP contribution in [0, 0.1) is 0 Å². The number of halogens is 1. The Morgan fingerprint density at radius 2 is 2.00 bits per heavy atom. The molecule has 1 N–H and O–H groups in total. The molecule has 0 aliphatic carbocycles. The van der Waals surface area contributed by atoms with E-state index in [1.165, 1.54) is 21.8 Å². The molecule has 7 heteroatoms. The summed E-state index contributed by atoms with van der Waals surface area (Å²) in [4.78, 5) is 17.3. The van der Waals surface area contributed by atoms with Crippen LogP contribution < -0.4 is 15.6 Å². The molecule has 26 heavy (non-hydrogen) atoms. The zero-order chi connectivity index (χ0) is 17.9. The molecule has 4 rings (SSSR count). The zero-order valence-electron chi connectivity index (χ0n) is 13.6. The topological polar surface area (TPSA) is 55.6 Å². The van der Waals surface area contributed by atoms with Crippen LogP contribution in [0.25, 0.3) is 4.96 Å². The molecule has 0 saturated carbocycles. The lowest BCUT2D eigenvalue weighted by molar-refractivity contribution is 0.484. The van der Waals surface area contributed by atoms with Crippen molar-refractivity contribution in [1.82, 2.24) is 9.38 Å².